The number of aliphatic imine (C=N–C) groups is 1. The first-order valence-corrected chi connectivity index (χ1v) is 10.5. The van der Waals surface area contributed by atoms with Crippen molar-refractivity contribution in [3.63, 3.8) is 0 Å². The van der Waals surface area contributed by atoms with Gasteiger partial charge in [0.05, 0.1) is 0 Å². The number of alkyl halides is 3. The van der Waals surface area contributed by atoms with Crippen LogP contribution in [-0.4, -0.2) is 55.3 Å². The van der Waals surface area contributed by atoms with Gasteiger partial charge in [-0.05, 0) is 31.7 Å². The lowest BCUT2D eigenvalue weighted by Crippen LogP contribution is -2.45. The van der Waals surface area contributed by atoms with E-state index in [2.05, 4.69) is 15.0 Å². The van der Waals surface area contributed by atoms with E-state index >= 15 is 0 Å². The van der Waals surface area contributed by atoms with Crippen molar-refractivity contribution in [2.75, 3.05) is 6.54 Å². The number of piperidine rings is 1. The van der Waals surface area contributed by atoms with E-state index in [0.29, 0.717) is 29.5 Å². The fraction of sp³-hybridized carbons (Fsp3) is 0.500. The van der Waals surface area contributed by atoms with Crippen molar-refractivity contribution in [1.29, 1.82) is 0 Å². The van der Waals surface area contributed by atoms with Gasteiger partial charge in [0.1, 0.15) is 18.0 Å². The van der Waals surface area contributed by atoms with Gasteiger partial charge < -0.3 is 14.4 Å². The molecule has 4 atom stereocenters. The summed E-state index contributed by atoms with van der Waals surface area (Å²) in [5, 5.41) is 11.3. The molecule has 1 N–H and O–H groups in total. The summed E-state index contributed by atoms with van der Waals surface area (Å²) in [7, 11) is 1.87. The van der Waals surface area contributed by atoms with E-state index in [1.165, 1.54) is 0 Å². The third kappa shape index (κ3) is 4.42. The second-order valence-electron chi connectivity index (χ2n) is 8.39. The Morgan fingerprint density at radius 3 is 2.72 bits per heavy atom. The van der Waals surface area contributed by atoms with Crippen LogP contribution in [0.15, 0.2) is 47.5 Å². The maximum atomic E-state index is 12.7. The van der Waals surface area contributed by atoms with Crippen molar-refractivity contribution >= 4 is 5.90 Å². The molecule has 172 valence electrons. The number of aryl methyl sites for hydroxylation is 1. The maximum Gasteiger partial charge on any atom is 0.413 e. The van der Waals surface area contributed by atoms with E-state index < -0.39 is 18.0 Å². The van der Waals surface area contributed by atoms with Gasteiger partial charge in [-0.3, -0.25) is 9.88 Å². The topological polar surface area (TPSA) is 75.8 Å². The SMILES string of the molecule is C/C(=C\N=C(/C)OC1CC2CC1N(C(O)c1cccnc1-c1nccn1C)C2)C(F)(F)F. The molecule has 7 nitrogen and oxygen atoms in total. The Bertz CT molecular complexity index is 1030. The van der Waals surface area contributed by atoms with Crippen LogP contribution in [0.4, 0.5) is 13.2 Å². The molecule has 2 aliphatic rings. The lowest BCUT2D eigenvalue weighted by atomic mass is 10.0. The highest BCUT2D eigenvalue weighted by Crippen LogP contribution is 2.44. The predicted molar refractivity (Wildman–Crippen MR) is 112 cm³/mol. The molecule has 2 fully saturated rings. The molecular formula is C22H26F3N5O2. The van der Waals surface area contributed by atoms with Crippen LogP contribution in [0.2, 0.25) is 0 Å². The Morgan fingerprint density at radius 1 is 1.28 bits per heavy atom. The Labute approximate surface area is 184 Å². The van der Waals surface area contributed by atoms with Crippen molar-refractivity contribution < 1.29 is 23.0 Å². The first kappa shape index (κ1) is 22.5. The number of rotatable bonds is 5. The van der Waals surface area contributed by atoms with Gasteiger partial charge in [0.25, 0.3) is 0 Å². The molecule has 0 amide bonds. The van der Waals surface area contributed by atoms with Gasteiger partial charge >= 0.3 is 6.18 Å². The molecule has 2 aromatic rings. The summed E-state index contributed by atoms with van der Waals surface area (Å²) < 4.78 is 45.7. The number of hydrogen-bond donors (Lipinski definition) is 1. The minimum Gasteiger partial charge on any atom is -0.476 e. The van der Waals surface area contributed by atoms with E-state index in [-0.39, 0.29) is 18.0 Å². The average Bonchev–Trinajstić information content (AvgIpc) is 3.46. The second kappa shape index (κ2) is 8.67. The summed E-state index contributed by atoms with van der Waals surface area (Å²) >= 11 is 0. The van der Waals surface area contributed by atoms with Gasteiger partial charge in [0.15, 0.2) is 11.7 Å². The number of aromatic nitrogens is 3. The predicted octanol–water partition coefficient (Wildman–Crippen LogP) is 3.84. The Kier molecular flexibility index (Phi) is 6.09. The molecule has 1 aliphatic heterocycles. The lowest BCUT2D eigenvalue weighted by molar-refractivity contribution is -0.0915. The first-order chi connectivity index (χ1) is 15.1. The third-order valence-electron chi connectivity index (χ3n) is 6.14. The van der Waals surface area contributed by atoms with Crippen molar-refractivity contribution in [2.24, 2.45) is 18.0 Å². The van der Waals surface area contributed by atoms with Crippen LogP contribution in [0.1, 0.15) is 38.5 Å². The molecule has 4 unspecified atom stereocenters. The number of pyridine rings is 1. The highest BCUT2D eigenvalue weighted by Gasteiger charge is 2.49. The molecular weight excluding hydrogens is 423 g/mol. The van der Waals surface area contributed by atoms with Crippen LogP contribution in [-0.2, 0) is 11.8 Å². The van der Waals surface area contributed by atoms with Gasteiger partial charge in [-0.2, -0.15) is 13.2 Å². The van der Waals surface area contributed by atoms with Gasteiger partial charge in [0.2, 0.25) is 0 Å². The molecule has 1 aliphatic carbocycles. The molecule has 0 radical (unpaired) electrons. The second-order valence-corrected chi connectivity index (χ2v) is 8.39. The minimum atomic E-state index is -4.41. The monoisotopic (exact) mass is 449 g/mol. The smallest absolute Gasteiger partial charge is 0.413 e. The Balaban J connectivity index is 1.51. The molecule has 2 aromatic heterocycles. The summed E-state index contributed by atoms with van der Waals surface area (Å²) in [6.45, 7) is 3.23. The van der Waals surface area contributed by atoms with E-state index in [0.717, 1.165) is 26.0 Å². The number of aliphatic hydroxyl groups is 1. The number of hydrogen-bond acceptors (Lipinski definition) is 6. The summed E-state index contributed by atoms with van der Waals surface area (Å²) in [6.07, 6.45) is 2.01. The van der Waals surface area contributed by atoms with Crippen molar-refractivity contribution in [3.8, 4) is 11.5 Å². The number of halogens is 3. The summed E-state index contributed by atoms with van der Waals surface area (Å²) in [6, 6.07) is 3.54. The molecule has 32 heavy (non-hydrogen) atoms. The van der Waals surface area contributed by atoms with Crippen molar-refractivity contribution in [3.05, 3.63) is 48.1 Å². The molecule has 2 bridgehead atoms. The molecule has 1 saturated carbocycles. The first-order valence-electron chi connectivity index (χ1n) is 10.5. The highest BCUT2D eigenvalue weighted by molar-refractivity contribution is 5.74. The van der Waals surface area contributed by atoms with Crippen LogP contribution < -0.4 is 0 Å². The summed E-state index contributed by atoms with van der Waals surface area (Å²) in [5.74, 6) is 1.18. The fourth-order valence-corrected chi connectivity index (χ4v) is 4.51. The number of allylic oxidation sites excluding steroid dienone is 1. The third-order valence-corrected chi connectivity index (χ3v) is 6.14. The highest BCUT2D eigenvalue weighted by atomic mass is 19.4. The van der Waals surface area contributed by atoms with Gasteiger partial charge in [-0.25, -0.2) is 9.98 Å². The number of nitrogens with zero attached hydrogens (tertiary/aromatic N) is 5. The standard InChI is InChI=1S/C22H26F3N5O2/c1-13(22(23,24)25)11-28-14(2)32-18-10-15-9-17(18)30(12-15)21(31)16-5-4-6-26-19(16)20-27-7-8-29(20)3/h4-8,11,15,17-18,21,31H,9-10,12H2,1-3H3/b13-11+,28-14+. The maximum absolute atomic E-state index is 12.7. The number of ether oxygens (including phenoxy) is 1. The quantitative estimate of drug-likeness (QED) is 0.555. The van der Waals surface area contributed by atoms with Crippen molar-refractivity contribution in [2.45, 2.75) is 51.2 Å². The average molecular weight is 449 g/mol. The van der Waals surface area contributed by atoms with E-state index in [4.69, 9.17) is 4.74 Å². The summed E-state index contributed by atoms with van der Waals surface area (Å²) in [5.41, 5.74) is 0.476. The van der Waals surface area contributed by atoms with Crippen LogP contribution in [0.3, 0.4) is 0 Å². The minimum absolute atomic E-state index is 0.0673. The van der Waals surface area contributed by atoms with Crippen LogP contribution in [0.25, 0.3) is 11.5 Å². The van der Waals surface area contributed by atoms with E-state index in [9.17, 15) is 18.3 Å². The normalized spacial score (nSPS) is 25.4. The molecule has 10 heteroatoms. The van der Waals surface area contributed by atoms with Crippen molar-refractivity contribution in [1.82, 2.24) is 19.4 Å². The van der Waals surface area contributed by atoms with Gasteiger partial charge in [-0.15, -0.1) is 0 Å². The number of likely N-dealkylation sites (tertiary alicyclic amines) is 1. The molecule has 4 rings (SSSR count). The Morgan fingerprint density at radius 2 is 2.06 bits per heavy atom. The number of imidazole rings is 1. The van der Waals surface area contributed by atoms with Crippen LogP contribution in [0.5, 0.6) is 0 Å². The van der Waals surface area contributed by atoms with Gasteiger partial charge in [0, 0.05) is 62.5 Å². The van der Waals surface area contributed by atoms with E-state index in [1.54, 1.807) is 25.4 Å². The zero-order valence-electron chi connectivity index (χ0n) is 18.1. The Hall–Kier alpha value is -2.72. The van der Waals surface area contributed by atoms with E-state index in [1.807, 2.05) is 28.8 Å². The molecule has 0 aromatic carbocycles. The van der Waals surface area contributed by atoms with Gasteiger partial charge in [-0.1, -0.05) is 6.07 Å². The lowest BCUT2D eigenvalue weighted by Gasteiger charge is -2.36. The zero-order valence-corrected chi connectivity index (χ0v) is 18.1. The zero-order chi connectivity index (χ0) is 23.0. The largest absolute Gasteiger partial charge is 0.476 e. The van der Waals surface area contributed by atoms with Crippen LogP contribution >= 0.6 is 0 Å². The number of fused-ring (bicyclic) bond motifs is 2. The van der Waals surface area contributed by atoms with Crippen LogP contribution in [0, 0.1) is 5.92 Å². The number of aliphatic hydroxyl groups excluding tert-OH is 1. The molecule has 3 heterocycles. The molecule has 1 saturated heterocycles. The molecule has 0 spiro atoms. The fourth-order valence-electron chi connectivity index (χ4n) is 4.51. The summed E-state index contributed by atoms with van der Waals surface area (Å²) in [4.78, 5) is 14.6.